The van der Waals surface area contributed by atoms with Gasteiger partial charge in [-0.25, -0.2) is 0 Å². The van der Waals surface area contributed by atoms with Crippen LogP contribution in [0.15, 0.2) is 42.5 Å². The lowest BCUT2D eigenvalue weighted by atomic mass is 10.0. The Hall–Kier alpha value is -1.31. The minimum atomic E-state index is 0.527. The molecule has 0 aliphatic rings. The highest BCUT2D eigenvalue weighted by Gasteiger charge is 2.06. The lowest BCUT2D eigenvalue weighted by molar-refractivity contribution is 0.112. The van der Waals surface area contributed by atoms with Crippen molar-refractivity contribution in [3.8, 4) is 11.1 Å². The summed E-state index contributed by atoms with van der Waals surface area (Å²) in [5.74, 6) is 0. The van der Waals surface area contributed by atoms with Crippen LogP contribution < -0.4 is 0 Å². The van der Waals surface area contributed by atoms with Gasteiger partial charge in [0.2, 0.25) is 0 Å². The van der Waals surface area contributed by atoms with Crippen molar-refractivity contribution in [3.05, 3.63) is 58.1 Å². The summed E-state index contributed by atoms with van der Waals surface area (Å²) in [7, 11) is 0. The first kappa shape index (κ1) is 11.2. The molecule has 0 heterocycles. The first-order valence-corrected chi connectivity index (χ1v) is 5.47. The molecule has 0 saturated heterocycles. The molecule has 0 atom stereocenters. The quantitative estimate of drug-likeness (QED) is 0.719. The van der Waals surface area contributed by atoms with Gasteiger partial charge in [0, 0.05) is 11.1 Å². The monoisotopic (exact) mass is 250 g/mol. The molecule has 0 aromatic heterocycles. The van der Waals surface area contributed by atoms with E-state index < -0.39 is 0 Å². The van der Waals surface area contributed by atoms with Crippen LogP contribution in [0.3, 0.4) is 0 Å². The average Bonchev–Trinajstić information content (AvgIpc) is 2.33. The number of rotatable bonds is 2. The van der Waals surface area contributed by atoms with Crippen molar-refractivity contribution in [2.75, 3.05) is 0 Å². The van der Waals surface area contributed by atoms with Crippen LogP contribution in [-0.4, -0.2) is 6.29 Å². The fourth-order valence-corrected chi connectivity index (χ4v) is 1.88. The first-order chi connectivity index (χ1) is 7.72. The second kappa shape index (κ2) is 4.69. The van der Waals surface area contributed by atoms with Gasteiger partial charge in [0.1, 0.15) is 6.29 Å². The standard InChI is InChI=1S/C13H8Cl2O/c14-12-3-1-2-11(13(12)15)10-6-4-9(8-16)5-7-10/h1-8H. The lowest BCUT2D eigenvalue weighted by Crippen LogP contribution is -1.83. The Balaban J connectivity index is 2.50. The Morgan fingerprint density at radius 1 is 0.938 bits per heavy atom. The molecule has 0 aliphatic heterocycles. The van der Waals surface area contributed by atoms with Crippen molar-refractivity contribution < 1.29 is 4.79 Å². The predicted octanol–water partition coefficient (Wildman–Crippen LogP) is 4.47. The van der Waals surface area contributed by atoms with Gasteiger partial charge in [0.05, 0.1) is 10.0 Å². The van der Waals surface area contributed by atoms with E-state index in [0.717, 1.165) is 17.4 Å². The zero-order chi connectivity index (χ0) is 11.5. The van der Waals surface area contributed by atoms with E-state index in [9.17, 15) is 4.79 Å². The number of halogens is 2. The Labute approximate surface area is 104 Å². The zero-order valence-electron chi connectivity index (χ0n) is 8.28. The third-order valence-corrected chi connectivity index (χ3v) is 3.13. The Bertz CT molecular complexity index is 518. The molecule has 2 aromatic carbocycles. The molecule has 0 spiro atoms. The van der Waals surface area contributed by atoms with Crippen molar-refractivity contribution in [1.82, 2.24) is 0 Å². The van der Waals surface area contributed by atoms with Crippen LogP contribution in [0.4, 0.5) is 0 Å². The number of carbonyl (C=O) groups excluding carboxylic acids is 1. The predicted molar refractivity (Wildman–Crippen MR) is 67.3 cm³/mol. The molecule has 2 rings (SSSR count). The number of hydrogen-bond acceptors (Lipinski definition) is 1. The van der Waals surface area contributed by atoms with Crippen molar-refractivity contribution in [2.45, 2.75) is 0 Å². The molecule has 0 unspecified atom stereocenters. The van der Waals surface area contributed by atoms with Crippen molar-refractivity contribution in [2.24, 2.45) is 0 Å². The maximum absolute atomic E-state index is 10.5. The smallest absolute Gasteiger partial charge is 0.150 e. The van der Waals surface area contributed by atoms with Crippen LogP contribution in [0.2, 0.25) is 10.0 Å². The van der Waals surface area contributed by atoms with Crippen LogP contribution in [0, 0.1) is 0 Å². The van der Waals surface area contributed by atoms with Gasteiger partial charge < -0.3 is 0 Å². The fraction of sp³-hybridized carbons (Fsp3) is 0. The Morgan fingerprint density at radius 3 is 2.25 bits per heavy atom. The zero-order valence-corrected chi connectivity index (χ0v) is 9.79. The summed E-state index contributed by atoms with van der Waals surface area (Å²) in [4.78, 5) is 10.5. The Morgan fingerprint density at radius 2 is 1.62 bits per heavy atom. The van der Waals surface area contributed by atoms with Gasteiger partial charge in [0.25, 0.3) is 0 Å². The van der Waals surface area contributed by atoms with E-state index in [1.165, 1.54) is 0 Å². The SMILES string of the molecule is O=Cc1ccc(-c2cccc(Cl)c2Cl)cc1. The van der Waals surface area contributed by atoms with Crippen molar-refractivity contribution in [3.63, 3.8) is 0 Å². The molecule has 2 aromatic rings. The largest absolute Gasteiger partial charge is 0.298 e. The molecule has 0 N–H and O–H groups in total. The van der Waals surface area contributed by atoms with Gasteiger partial charge in [-0.05, 0) is 11.6 Å². The van der Waals surface area contributed by atoms with Gasteiger partial charge in [-0.15, -0.1) is 0 Å². The third-order valence-electron chi connectivity index (χ3n) is 2.31. The summed E-state index contributed by atoms with van der Waals surface area (Å²) in [5, 5.41) is 1.06. The first-order valence-electron chi connectivity index (χ1n) is 4.72. The Kier molecular flexibility index (Phi) is 3.28. The molecule has 0 fully saturated rings. The number of carbonyl (C=O) groups is 1. The highest BCUT2D eigenvalue weighted by Crippen LogP contribution is 2.33. The molecule has 16 heavy (non-hydrogen) atoms. The molecular formula is C13H8Cl2O. The summed E-state index contributed by atoms with van der Waals surface area (Å²) >= 11 is 12.0. The van der Waals surface area contributed by atoms with E-state index in [2.05, 4.69) is 0 Å². The molecule has 0 aliphatic carbocycles. The molecule has 1 nitrogen and oxygen atoms in total. The summed E-state index contributed by atoms with van der Waals surface area (Å²) in [6, 6.07) is 12.7. The maximum atomic E-state index is 10.5. The average molecular weight is 251 g/mol. The van der Waals surface area contributed by atoms with Gasteiger partial charge in [-0.1, -0.05) is 59.6 Å². The number of hydrogen-bond donors (Lipinski definition) is 0. The van der Waals surface area contributed by atoms with E-state index in [1.807, 2.05) is 24.3 Å². The fourth-order valence-electron chi connectivity index (χ4n) is 1.47. The molecule has 0 radical (unpaired) electrons. The minimum Gasteiger partial charge on any atom is -0.298 e. The maximum Gasteiger partial charge on any atom is 0.150 e. The second-order valence-corrected chi connectivity index (χ2v) is 4.13. The van der Waals surface area contributed by atoms with Crippen LogP contribution in [-0.2, 0) is 0 Å². The second-order valence-electron chi connectivity index (χ2n) is 3.34. The molecular weight excluding hydrogens is 243 g/mol. The summed E-state index contributed by atoms with van der Waals surface area (Å²) in [6.07, 6.45) is 0.809. The normalized spacial score (nSPS) is 10.1. The van der Waals surface area contributed by atoms with Gasteiger partial charge in [-0.3, -0.25) is 4.79 Å². The number of benzene rings is 2. The van der Waals surface area contributed by atoms with Crippen LogP contribution >= 0.6 is 23.2 Å². The van der Waals surface area contributed by atoms with Gasteiger partial charge >= 0.3 is 0 Å². The van der Waals surface area contributed by atoms with Crippen molar-refractivity contribution in [1.29, 1.82) is 0 Å². The van der Waals surface area contributed by atoms with Gasteiger partial charge in [0.15, 0.2) is 0 Å². The van der Waals surface area contributed by atoms with E-state index in [4.69, 9.17) is 23.2 Å². The van der Waals surface area contributed by atoms with Crippen LogP contribution in [0.5, 0.6) is 0 Å². The van der Waals surface area contributed by atoms with E-state index >= 15 is 0 Å². The third kappa shape index (κ3) is 2.11. The molecule has 80 valence electrons. The van der Waals surface area contributed by atoms with E-state index in [0.29, 0.717) is 15.6 Å². The van der Waals surface area contributed by atoms with Gasteiger partial charge in [-0.2, -0.15) is 0 Å². The topological polar surface area (TPSA) is 17.1 Å². The summed E-state index contributed by atoms with van der Waals surface area (Å²) < 4.78 is 0. The molecule has 3 heteroatoms. The van der Waals surface area contributed by atoms with E-state index in [-0.39, 0.29) is 0 Å². The molecule has 0 bridgehead atoms. The van der Waals surface area contributed by atoms with Crippen LogP contribution in [0.25, 0.3) is 11.1 Å². The highest BCUT2D eigenvalue weighted by molar-refractivity contribution is 6.43. The van der Waals surface area contributed by atoms with Crippen molar-refractivity contribution >= 4 is 29.5 Å². The number of aldehydes is 1. The summed E-state index contributed by atoms with van der Waals surface area (Å²) in [6.45, 7) is 0. The molecule has 0 amide bonds. The van der Waals surface area contributed by atoms with E-state index in [1.54, 1.807) is 18.2 Å². The highest BCUT2D eigenvalue weighted by atomic mass is 35.5. The van der Waals surface area contributed by atoms with Crippen LogP contribution in [0.1, 0.15) is 10.4 Å². The molecule has 0 saturated carbocycles. The lowest BCUT2D eigenvalue weighted by Gasteiger charge is -2.05. The minimum absolute atomic E-state index is 0.527. The summed E-state index contributed by atoms with van der Waals surface area (Å²) in [5.41, 5.74) is 2.45.